The molecular formula is C11H16N4O3. The zero-order valence-corrected chi connectivity index (χ0v) is 10.0. The lowest BCUT2D eigenvalue weighted by Crippen LogP contribution is -2.36. The average Bonchev–Trinajstić information content (AvgIpc) is 2.55. The number of H-pyrrole nitrogens is 1. The minimum absolute atomic E-state index is 0.0480. The predicted molar refractivity (Wildman–Crippen MR) is 65.8 cm³/mol. The van der Waals surface area contributed by atoms with Crippen LogP contribution >= 0.6 is 0 Å². The van der Waals surface area contributed by atoms with Crippen molar-refractivity contribution in [3.8, 4) is 0 Å². The summed E-state index contributed by atoms with van der Waals surface area (Å²) in [6.45, 7) is 2.74. The Morgan fingerprint density at radius 2 is 2.22 bits per heavy atom. The van der Waals surface area contributed by atoms with Crippen LogP contribution in [0.2, 0.25) is 0 Å². The number of carbonyl (C=O) groups is 1. The van der Waals surface area contributed by atoms with Crippen LogP contribution in [0.5, 0.6) is 0 Å². The first-order valence-electron chi connectivity index (χ1n) is 5.89. The highest BCUT2D eigenvalue weighted by Crippen LogP contribution is 2.08. The maximum atomic E-state index is 11.6. The third-order valence-electron chi connectivity index (χ3n) is 2.94. The summed E-state index contributed by atoms with van der Waals surface area (Å²) in [5.74, 6) is -0.409. The summed E-state index contributed by atoms with van der Waals surface area (Å²) in [6, 6.07) is 0. The molecule has 0 atom stereocenters. The molecule has 0 unspecified atom stereocenters. The van der Waals surface area contributed by atoms with Gasteiger partial charge in [0.1, 0.15) is 0 Å². The normalized spacial score (nSPS) is 17.4. The third-order valence-corrected chi connectivity index (χ3v) is 2.94. The van der Waals surface area contributed by atoms with Gasteiger partial charge < -0.3 is 15.0 Å². The predicted octanol–water partition coefficient (Wildman–Crippen LogP) is -0.633. The fourth-order valence-electron chi connectivity index (χ4n) is 2.10. The van der Waals surface area contributed by atoms with E-state index in [-0.39, 0.29) is 12.1 Å². The van der Waals surface area contributed by atoms with Crippen molar-refractivity contribution in [3.63, 3.8) is 0 Å². The standard InChI is InChI=1S/C11H16N4O3/c16-9(17)8-14-4-1-5-15(7-6-14)10-11(18)13-3-2-12-10/h2-3H,1,4-8H2,(H,13,18)(H,16,17). The van der Waals surface area contributed by atoms with E-state index in [0.29, 0.717) is 18.9 Å². The molecular weight excluding hydrogens is 236 g/mol. The van der Waals surface area contributed by atoms with Crippen molar-refractivity contribution in [2.75, 3.05) is 37.6 Å². The molecule has 1 saturated heterocycles. The fourth-order valence-corrected chi connectivity index (χ4v) is 2.10. The Bertz CT molecular complexity index is 473. The van der Waals surface area contributed by atoms with Gasteiger partial charge in [-0.3, -0.25) is 14.5 Å². The van der Waals surface area contributed by atoms with Crippen LogP contribution in [-0.4, -0.2) is 58.7 Å². The van der Waals surface area contributed by atoms with Crippen molar-refractivity contribution in [1.29, 1.82) is 0 Å². The Morgan fingerprint density at radius 3 is 2.94 bits per heavy atom. The summed E-state index contributed by atoms with van der Waals surface area (Å²) in [7, 11) is 0. The van der Waals surface area contributed by atoms with E-state index in [1.165, 1.54) is 6.20 Å². The number of rotatable bonds is 3. The van der Waals surface area contributed by atoms with Gasteiger partial charge in [0.2, 0.25) is 0 Å². The Hall–Kier alpha value is -1.89. The zero-order valence-electron chi connectivity index (χ0n) is 10.0. The molecule has 0 bridgehead atoms. The maximum absolute atomic E-state index is 11.6. The highest BCUT2D eigenvalue weighted by Gasteiger charge is 2.19. The molecule has 98 valence electrons. The number of aromatic nitrogens is 2. The summed E-state index contributed by atoms with van der Waals surface area (Å²) < 4.78 is 0. The van der Waals surface area contributed by atoms with Crippen LogP contribution in [0.1, 0.15) is 6.42 Å². The van der Waals surface area contributed by atoms with Crippen molar-refractivity contribution in [1.82, 2.24) is 14.9 Å². The molecule has 0 aromatic carbocycles. The summed E-state index contributed by atoms with van der Waals surface area (Å²) in [5.41, 5.74) is -0.204. The number of nitrogens with one attached hydrogen (secondary N) is 1. The van der Waals surface area contributed by atoms with Crippen LogP contribution in [0.4, 0.5) is 5.82 Å². The van der Waals surface area contributed by atoms with Gasteiger partial charge in [-0.25, -0.2) is 4.98 Å². The molecule has 0 radical (unpaired) electrons. The summed E-state index contributed by atoms with van der Waals surface area (Å²) in [6.07, 6.45) is 3.88. The second-order valence-electron chi connectivity index (χ2n) is 4.25. The SMILES string of the molecule is O=C(O)CN1CCCN(c2ncc[nH]c2=O)CC1. The molecule has 18 heavy (non-hydrogen) atoms. The smallest absolute Gasteiger partial charge is 0.317 e. The van der Waals surface area contributed by atoms with Crippen LogP contribution in [0.15, 0.2) is 17.2 Å². The largest absolute Gasteiger partial charge is 0.480 e. The third kappa shape index (κ3) is 3.07. The van der Waals surface area contributed by atoms with E-state index in [0.717, 1.165) is 19.5 Å². The van der Waals surface area contributed by atoms with Gasteiger partial charge in [0.05, 0.1) is 6.54 Å². The minimum Gasteiger partial charge on any atom is -0.480 e. The summed E-state index contributed by atoms with van der Waals surface area (Å²) >= 11 is 0. The molecule has 1 fully saturated rings. The molecule has 1 aliphatic rings. The first-order chi connectivity index (χ1) is 8.66. The maximum Gasteiger partial charge on any atom is 0.317 e. The quantitative estimate of drug-likeness (QED) is 0.744. The van der Waals surface area contributed by atoms with Crippen LogP contribution < -0.4 is 10.5 Å². The lowest BCUT2D eigenvalue weighted by atomic mass is 10.4. The van der Waals surface area contributed by atoms with E-state index < -0.39 is 5.97 Å². The number of anilines is 1. The first kappa shape index (κ1) is 12.6. The van der Waals surface area contributed by atoms with Gasteiger partial charge in [0.25, 0.3) is 5.56 Å². The van der Waals surface area contributed by atoms with E-state index in [1.54, 1.807) is 6.20 Å². The van der Waals surface area contributed by atoms with Gasteiger partial charge in [-0.2, -0.15) is 0 Å². The van der Waals surface area contributed by atoms with E-state index in [2.05, 4.69) is 9.97 Å². The highest BCUT2D eigenvalue weighted by atomic mass is 16.4. The van der Waals surface area contributed by atoms with Crippen LogP contribution in [0.25, 0.3) is 0 Å². The molecule has 1 aromatic rings. The molecule has 7 heteroatoms. The minimum atomic E-state index is -0.820. The molecule has 7 nitrogen and oxygen atoms in total. The van der Waals surface area contributed by atoms with Crippen LogP contribution in [0, 0.1) is 0 Å². The fraction of sp³-hybridized carbons (Fsp3) is 0.545. The Balaban J connectivity index is 2.03. The zero-order chi connectivity index (χ0) is 13.0. The molecule has 2 N–H and O–H groups in total. The van der Waals surface area contributed by atoms with Crippen molar-refractivity contribution in [2.45, 2.75) is 6.42 Å². The number of aromatic amines is 1. The molecule has 1 aromatic heterocycles. The molecule has 1 aliphatic heterocycles. The van der Waals surface area contributed by atoms with Gasteiger partial charge in [0, 0.05) is 38.6 Å². The molecule has 0 aliphatic carbocycles. The topological polar surface area (TPSA) is 89.5 Å². The van der Waals surface area contributed by atoms with Crippen LogP contribution in [-0.2, 0) is 4.79 Å². The Morgan fingerprint density at radius 1 is 1.39 bits per heavy atom. The molecule has 2 heterocycles. The van der Waals surface area contributed by atoms with E-state index >= 15 is 0 Å². The first-order valence-corrected chi connectivity index (χ1v) is 5.89. The van der Waals surface area contributed by atoms with E-state index in [9.17, 15) is 9.59 Å². The lowest BCUT2D eigenvalue weighted by Gasteiger charge is -2.20. The van der Waals surface area contributed by atoms with Crippen molar-refractivity contribution >= 4 is 11.8 Å². The number of hydrogen-bond donors (Lipinski definition) is 2. The van der Waals surface area contributed by atoms with Gasteiger partial charge in [-0.05, 0) is 6.42 Å². The van der Waals surface area contributed by atoms with Crippen molar-refractivity contribution in [3.05, 3.63) is 22.7 Å². The summed E-state index contributed by atoms with van der Waals surface area (Å²) in [4.78, 5) is 32.7. The second kappa shape index (κ2) is 5.63. The number of nitrogens with zero attached hydrogens (tertiary/aromatic N) is 3. The van der Waals surface area contributed by atoms with E-state index in [4.69, 9.17) is 5.11 Å². The summed E-state index contributed by atoms with van der Waals surface area (Å²) in [5, 5.41) is 8.76. The van der Waals surface area contributed by atoms with Crippen molar-refractivity contribution in [2.24, 2.45) is 0 Å². The number of carboxylic acids is 1. The van der Waals surface area contributed by atoms with E-state index in [1.807, 2.05) is 9.80 Å². The molecule has 2 rings (SSSR count). The number of hydrogen-bond acceptors (Lipinski definition) is 5. The number of carboxylic acid groups (broad SMARTS) is 1. The lowest BCUT2D eigenvalue weighted by molar-refractivity contribution is -0.138. The van der Waals surface area contributed by atoms with Gasteiger partial charge in [-0.15, -0.1) is 0 Å². The van der Waals surface area contributed by atoms with Gasteiger partial charge in [-0.1, -0.05) is 0 Å². The molecule has 0 amide bonds. The van der Waals surface area contributed by atoms with Crippen molar-refractivity contribution < 1.29 is 9.90 Å². The highest BCUT2D eigenvalue weighted by molar-refractivity contribution is 5.69. The van der Waals surface area contributed by atoms with Gasteiger partial charge >= 0.3 is 5.97 Å². The number of aliphatic carboxylic acids is 1. The Kier molecular flexibility index (Phi) is 3.93. The average molecular weight is 252 g/mol. The monoisotopic (exact) mass is 252 g/mol. The van der Waals surface area contributed by atoms with Gasteiger partial charge in [0.15, 0.2) is 5.82 Å². The molecule has 0 saturated carbocycles. The Labute approximate surface area is 104 Å². The molecule has 0 spiro atoms. The van der Waals surface area contributed by atoms with Crippen LogP contribution in [0.3, 0.4) is 0 Å². The second-order valence-corrected chi connectivity index (χ2v) is 4.25.